The number of carbonyl (C=O) groups excluding carboxylic acids is 1. The van der Waals surface area contributed by atoms with Crippen molar-refractivity contribution in [3.63, 3.8) is 0 Å². The molecule has 0 aromatic heterocycles. The molecule has 4 atom stereocenters. The molecule has 0 radical (unpaired) electrons. The lowest BCUT2D eigenvalue weighted by molar-refractivity contribution is -0.123. The minimum absolute atomic E-state index is 0.0985. The summed E-state index contributed by atoms with van der Waals surface area (Å²) in [5.41, 5.74) is 5.45. The summed E-state index contributed by atoms with van der Waals surface area (Å²) in [6.07, 6.45) is 2.26. The summed E-state index contributed by atoms with van der Waals surface area (Å²) in [4.78, 5) is 11.3. The molecule has 1 amide bonds. The SMILES string of the molecule is C[C@@H]1C[C@H](NC(=O)[C@@H](C)N)CC[C@H]1O. The second-order valence-corrected chi connectivity index (χ2v) is 4.35. The van der Waals surface area contributed by atoms with Crippen molar-refractivity contribution in [2.24, 2.45) is 11.7 Å². The molecule has 0 aromatic carbocycles. The first-order chi connectivity index (χ1) is 6.50. The zero-order valence-corrected chi connectivity index (χ0v) is 8.86. The third kappa shape index (κ3) is 2.96. The van der Waals surface area contributed by atoms with Gasteiger partial charge in [0.05, 0.1) is 12.1 Å². The molecule has 4 N–H and O–H groups in total. The van der Waals surface area contributed by atoms with Crippen LogP contribution in [0.25, 0.3) is 0 Å². The van der Waals surface area contributed by atoms with Crippen LogP contribution in [0.4, 0.5) is 0 Å². The highest BCUT2D eigenvalue weighted by Crippen LogP contribution is 2.24. The average molecular weight is 200 g/mol. The van der Waals surface area contributed by atoms with E-state index in [0.29, 0.717) is 0 Å². The van der Waals surface area contributed by atoms with E-state index in [-0.39, 0.29) is 24.0 Å². The molecule has 4 heteroatoms. The second-order valence-electron chi connectivity index (χ2n) is 4.35. The predicted molar refractivity (Wildman–Crippen MR) is 54.6 cm³/mol. The molecule has 1 fully saturated rings. The fourth-order valence-electron chi connectivity index (χ4n) is 1.84. The first kappa shape index (κ1) is 11.5. The maximum absolute atomic E-state index is 11.3. The van der Waals surface area contributed by atoms with E-state index in [1.807, 2.05) is 6.92 Å². The first-order valence-electron chi connectivity index (χ1n) is 5.24. The van der Waals surface area contributed by atoms with Crippen LogP contribution in [0.5, 0.6) is 0 Å². The molecular formula is C10H20N2O2. The Kier molecular flexibility index (Phi) is 3.89. The molecule has 1 aliphatic carbocycles. The van der Waals surface area contributed by atoms with E-state index < -0.39 is 6.04 Å². The van der Waals surface area contributed by atoms with Crippen LogP contribution in [0.15, 0.2) is 0 Å². The van der Waals surface area contributed by atoms with E-state index in [0.717, 1.165) is 19.3 Å². The molecule has 4 nitrogen and oxygen atoms in total. The van der Waals surface area contributed by atoms with Crippen molar-refractivity contribution in [3.05, 3.63) is 0 Å². The highest BCUT2D eigenvalue weighted by Gasteiger charge is 2.27. The Labute approximate surface area is 84.9 Å². The van der Waals surface area contributed by atoms with E-state index in [9.17, 15) is 9.90 Å². The molecule has 0 heterocycles. The summed E-state index contributed by atoms with van der Waals surface area (Å²) >= 11 is 0. The summed E-state index contributed by atoms with van der Waals surface area (Å²) in [5, 5.41) is 12.4. The van der Waals surface area contributed by atoms with E-state index in [4.69, 9.17) is 5.73 Å². The number of nitrogens with two attached hydrogens (primary N) is 1. The summed E-state index contributed by atoms with van der Waals surface area (Å²) in [6, 6.07) is -0.260. The molecule has 1 aliphatic rings. The maximum Gasteiger partial charge on any atom is 0.236 e. The van der Waals surface area contributed by atoms with Crippen LogP contribution in [0, 0.1) is 5.92 Å². The summed E-state index contributed by atoms with van der Waals surface area (Å²) in [6.45, 7) is 3.69. The Balaban J connectivity index is 2.37. The van der Waals surface area contributed by atoms with Gasteiger partial charge < -0.3 is 16.2 Å². The van der Waals surface area contributed by atoms with Crippen LogP contribution in [-0.4, -0.2) is 29.2 Å². The van der Waals surface area contributed by atoms with Crippen LogP contribution in [-0.2, 0) is 4.79 Å². The number of nitrogens with one attached hydrogen (secondary N) is 1. The lowest BCUT2D eigenvalue weighted by Crippen LogP contribution is -2.47. The van der Waals surface area contributed by atoms with Crippen molar-refractivity contribution in [3.8, 4) is 0 Å². The van der Waals surface area contributed by atoms with Gasteiger partial charge in [0.25, 0.3) is 0 Å². The lowest BCUT2D eigenvalue weighted by Gasteiger charge is -2.31. The number of rotatable bonds is 2. The van der Waals surface area contributed by atoms with Crippen molar-refractivity contribution in [1.82, 2.24) is 5.32 Å². The lowest BCUT2D eigenvalue weighted by atomic mass is 9.84. The molecular weight excluding hydrogens is 180 g/mol. The average Bonchev–Trinajstić information content (AvgIpc) is 2.11. The van der Waals surface area contributed by atoms with E-state index in [1.165, 1.54) is 0 Å². The highest BCUT2D eigenvalue weighted by molar-refractivity contribution is 5.81. The van der Waals surface area contributed by atoms with E-state index in [1.54, 1.807) is 6.92 Å². The van der Waals surface area contributed by atoms with Crippen molar-refractivity contribution >= 4 is 5.91 Å². The van der Waals surface area contributed by atoms with Crippen LogP contribution in [0.1, 0.15) is 33.1 Å². The highest BCUT2D eigenvalue weighted by atomic mass is 16.3. The topological polar surface area (TPSA) is 75.4 Å². The largest absolute Gasteiger partial charge is 0.393 e. The van der Waals surface area contributed by atoms with Gasteiger partial charge in [0.15, 0.2) is 0 Å². The Morgan fingerprint density at radius 2 is 2.21 bits per heavy atom. The number of hydrogen-bond donors (Lipinski definition) is 3. The standard InChI is InChI=1S/C10H20N2O2/c1-6-5-8(3-4-9(6)13)12-10(14)7(2)11/h6-9,13H,3-5,11H2,1-2H3,(H,12,14)/t6-,7-,8-,9-/m1/s1. The number of hydrogen-bond acceptors (Lipinski definition) is 3. The summed E-state index contributed by atoms with van der Waals surface area (Å²) < 4.78 is 0. The van der Waals surface area contributed by atoms with Crippen LogP contribution >= 0.6 is 0 Å². The third-order valence-electron chi connectivity index (χ3n) is 2.88. The van der Waals surface area contributed by atoms with Gasteiger partial charge in [-0.2, -0.15) is 0 Å². The summed E-state index contributed by atoms with van der Waals surface area (Å²) in [5.74, 6) is 0.167. The molecule has 0 saturated heterocycles. The number of aliphatic hydroxyl groups excluding tert-OH is 1. The van der Waals surface area contributed by atoms with Crippen molar-refractivity contribution < 1.29 is 9.90 Å². The number of carbonyl (C=O) groups is 1. The van der Waals surface area contributed by atoms with Crippen LogP contribution in [0.2, 0.25) is 0 Å². The van der Waals surface area contributed by atoms with Crippen molar-refractivity contribution in [2.45, 2.75) is 51.3 Å². The smallest absolute Gasteiger partial charge is 0.236 e. The van der Waals surface area contributed by atoms with Gasteiger partial charge in [-0.05, 0) is 32.1 Å². The Hall–Kier alpha value is -0.610. The van der Waals surface area contributed by atoms with E-state index >= 15 is 0 Å². The fraction of sp³-hybridized carbons (Fsp3) is 0.900. The third-order valence-corrected chi connectivity index (χ3v) is 2.88. The minimum Gasteiger partial charge on any atom is -0.393 e. The van der Waals surface area contributed by atoms with Crippen molar-refractivity contribution in [1.29, 1.82) is 0 Å². The van der Waals surface area contributed by atoms with Crippen LogP contribution in [0.3, 0.4) is 0 Å². The molecule has 0 spiro atoms. The maximum atomic E-state index is 11.3. The van der Waals surface area contributed by atoms with Gasteiger partial charge in [-0.25, -0.2) is 0 Å². The van der Waals surface area contributed by atoms with Gasteiger partial charge in [0.2, 0.25) is 5.91 Å². The number of aliphatic hydroxyl groups is 1. The molecule has 0 unspecified atom stereocenters. The quantitative estimate of drug-likeness (QED) is 0.587. The predicted octanol–water partition coefficient (Wildman–Crippen LogP) is -0.000700. The first-order valence-corrected chi connectivity index (χ1v) is 5.24. The molecule has 1 saturated carbocycles. The fourth-order valence-corrected chi connectivity index (χ4v) is 1.84. The molecule has 14 heavy (non-hydrogen) atoms. The zero-order chi connectivity index (χ0) is 10.7. The summed E-state index contributed by atoms with van der Waals surface area (Å²) in [7, 11) is 0. The van der Waals surface area contributed by atoms with Gasteiger partial charge in [-0.15, -0.1) is 0 Å². The second kappa shape index (κ2) is 4.75. The Morgan fingerprint density at radius 3 is 2.71 bits per heavy atom. The Bertz CT molecular complexity index is 206. The van der Waals surface area contributed by atoms with Gasteiger partial charge in [-0.3, -0.25) is 4.79 Å². The van der Waals surface area contributed by atoms with Gasteiger partial charge in [-0.1, -0.05) is 6.92 Å². The molecule has 1 rings (SSSR count). The van der Waals surface area contributed by atoms with Crippen LogP contribution < -0.4 is 11.1 Å². The van der Waals surface area contributed by atoms with E-state index in [2.05, 4.69) is 5.32 Å². The minimum atomic E-state index is -0.447. The molecule has 82 valence electrons. The normalized spacial score (nSPS) is 35.0. The molecule has 0 bridgehead atoms. The number of amides is 1. The van der Waals surface area contributed by atoms with Gasteiger partial charge >= 0.3 is 0 Å². The van der Waals surface area contributed by atoms with Gasteiger partial charge in [0.1, 0.15) is 0 Å². The molecule has 0 aromatic rings. The molecule has 0 aliphatic heterocycles. The van der Waals surface area contributed by atoms with Crippen molar-refractivity contribution in [2.75, 3.05) is 0 Å². The Morgan fingerprint density at radius 1 is 1.57 bits per heavy atom. The van der Waals surface area contributed by atoms with Gasteiger partial charge in [0, 0.05) is 6.04 Å². The zero-order valence-electron chi connectivity index (χ0n) is 8.86. The monoisotopic (exact) mass is 200 g/mol.